The van der Waals surface area contributed by atoms with E-state index in [1.165, 1.54) is 0 Å². The van der Waals surface area contributed by atoms with E-state index in [1.54, 1.807) is 6.20 Å². The van der Waals surface area contributed by atoms with Crippen LogP contribution in [0.2, 0.25) is 5.02 Å². The number of para-hydroxylation sites is 2. The first kappa shape index (κ1) is 19.5. The van der Waals surface area contributed by atoms with Crippen molar-refractivity contribution >= 4 is 39.3 Å². The van der Waals surface area contributed by atoms with Crippen molar-refractivity contribution < 1.29 is 4.74 Å². The smallest absolute Gasteiger partial charge is 0.206 e. The highest BCUT2D eigenvalue weighted by Gasteiger charge is 2.21. The van der Waals surface area contributed by atoms with Gasteiger partial charge in [-0.25, -0.2) is 4.99 Å². The monoisotopic (exact) mass is 424 g/mol. The number of guanidine groups is 1. The van der Waals surface area contributed by atoms with Gasteiger partial charge in [-0.3, -0.25) is 4.98 Å². The lowest BCUT2D eigenvalue weighted by atomic mass is 10.2. The summed E-state index contributed by atoms with van der Waals surface area (Å²) in [7, 11) is -0.295. The highest BCUT2D eigenvalue weighted by atomic mass is 35.5. The summed E-state index contributed by atoms with van der Waals surface area (Å²) in [6.45, 7) is 4.57. The van der Waals surface area contributed by atoms with Gasteiger partial charge in [0.15, 0.2) is 5.75 Å². The van der Waals surface area contributed by atoms with E-state index in [1.807, 2.05) is 62.4 Å². The van der Waals surface area contributed by atoms with Gasteiger partial charge in [0.25, 0.3) is 0 Å². The largest absolute Gasteiger partial charge is 0.454 e. The van der Waals surface area contributed by atoms with Gasteiger partial charge in [0.2, 0.25) is 5.96 Å². The summed E-state index contributed by atoms with van der Waals surface area (Å²) in [6.07, 6.45) is 1.79. The zero-order chi connectivity index (χ0) is 20.2. The molecule has 0 spiro atoms. The van der Waals surface area contributed by atoms with Gasteiger partial charge in [-0.2, -0.15) is 0 Å². The van der Waals surface area contributed by atoms with Crippen LogP contribution in [-0.2, 0) is 6.54 Å². The molecule has 2 aromatic carbocycles. The third kappa shape index (κ3) is 4.28. The van der Waals surface area contributed by atoms with Crippen LogP contribution >= 0.6 is 22.3 Å². The van der Waals surface area contributed by atoms with Crippen molar-refractivity contribution in [2.45, 2.75) is 25.3 Å². The molecule has 0 amide bonds. The fourth-order valence-electron chi connectivity index (χ4n) is 2.95. The second-order valence-electron chi connectivity index (χ2n) is 6.39. The number of hydrogen-bond acceptors (Lipinski definition) is 3. The Morgan fingerprint density at radius 2 is 1.93 bits per heavy atom. The minimum atomic E-state index is -0.295. The van der Waals surface area contributed by atoms with E-state index >= 15 is 0 Å². The number of hydrogen-bond donors (Lipinski definition) is 2. The lowest BCUT2D eigenvalue weighted by Gasteiger charge is -2.26. The molecule has 4 rings (SSSR count). The SMILES string of the molecule is C/C=S1\NC(=NCc2ncccc2C)Nc2c(Oc3ccccc3Cl)cccc21. The van der Waals surface area contributed by atoms with Crippen LogP contribution < -0.4 is 14.8 Å². The van der Waals surface area contributed by atoms with Crippen LogP contribution in [0.1, 0.15) is 18.2 Å². The maximum absolute atomic E-state index is 6.28. The molecule has 3 aromatic rings. The highest BCUT2D eigenvalue weighted by molar-refractivity contribution is 8.14. The van der Waals surface area contributed by atoms with Crippen LogP contribution in [0.15, 0.2) is 70.7 Å². The Morgan fingerprint density at radius 3 is 2.72 bits per heavy atom. The van der Waals surface area contributed by atoms with Gasteiger partial charge < -0.3 is 14.8 Å². The van der Waals surface area contributed by atoms with E-state index in [-0.39, 0.29) is 10.7 Å². The average Bonchev–Trinajstić information content (AvgIpc) is 2.74. The van der Waals surface area contributed by atoms with Crippen molar-refractivity contribution in [3.63, 3.8) is 0 Å². The zero-order valence-corrected chi connectivity index (χ0v) is 17.7. The molecule has 0 fully saturated rings. The molecule has 0 radical (unpaired) electrons. The number of benzene rings is 2. The molecule has 0 saturated carbocycles. The van der Waals surface area contributed by atoms with Crippen molar-refractivity contribution in [2.24, 2.45) is 4.99 Å². The van der Waals surface area contributed by atoms with Crippen molar-refractivity contribution in [1.82, 2.24) is 9.71 Å². The summed E-state index contributed by atoms with van der Waals surface area (Å²) >= 11 is 6.28. The van der Waals surface area contributed by atoms with E-state index in [4.69, 9.17) is 21.3 Å². The van der Waals surface area contributed by atoms with E-state index < -0.39 is 0 Å². The normalized spacial score (nSPS) is 16.8. The molecule has 1 atom stereocenters. The number of pyridine rings is 1. The Balaban J connectivity index is 1.67. The van der Waals surface area contributed by atoms with Crippen LogP contribution in [0, 0.1) is 6.92 Å². The Kier molecular flexibility index (Phi) is 5.83. The lowest BCUT2D eigenvalue weighted by molar-refractivity contribution is 0.484. The Labute approximate surface area is 177 Å². The fourth-order valence-corrected chi connectivity index (χ4v) is 4.52. The molecule has 29 heavy (non-hydrogen) atoms. The number of fused-ring (bicyclic) bond motifs is 1. The molecular weight excluding hydrogens is 404 g/mol. The highest BCUT2D eigenvalue weighted by Crippen LogP contribution is 2.42. The molecule has 1 aliphatic heterocycles. The number of halogens is 1. The van der Waals surface area contributed by atoms with E-state index in [0.717, 1.165) is 21.8 Å². The summed E-state index contributed by atoms with van der Waals surface area (Å²) < 4.78 is 9.58. The van der Waals surface area contributed by atoms with E-state index in [9.17, 15) is 0 Å². The Bertz CT molecular complexity index is 1110. The van der Waals surface area contributed by atoms with Crippen molar-refractivity contribution in [1.29, 1.82) is 0 Å². The van der Waals surface area contributed by atoms with Crippen molar-refractivity contribution in [2.75, 3.05) is 5.32 Å². The second kappa shape index (κ2) is 8.68. The number of aryl methyl sites for hydroxylation is 1. The number of rotatable bonds is 4. The predicted octanol–water partition coefficient (Wildman–Crippen LogP) is 5.77. The molecule has 2 N–H and O–H groups in total. The number of anilines is 1. The summed E-state index contributed by atoms with van der Waals surface area (Å²) in [5.74, 6) is 2.02. The van der Waals surface area contributed by atoms with Gasteiger partial charge in [-0.05, 0) is 55.1 Å². The third-order valence-electron chi connectivity index (χ3n) is 4.47. The zero-order valence-electron chi connectivity index (χ0n) is 16.1. The number of aliphatic imine (C=N–C) groups is 1. The van der Waals surface area contributed by atoms with Crippen LogP contribution in [0.25, 0.3) is 0 Å². The standard InChI is InChI=1S/C22H21ClN4OS/c1-3-29-20-12-6-11-19(28-18-10-5-4-9-16(18)23)21(20)26-22(27-29)25-14-17-15(2)8-7-13-24-17/h3-13H,14H2,1-2H3,(H2,25,26,27). The molecule has 5 nitrogen and oxygen atoms in total. The van der Waals surface area contributed by atoms with Crippen LogP contribution in [0.3, 0.4) is 0 Å². The summed E-state index contributed by atoms with van der Waals surface area (Å²) in [4.78, 5) is 10.3. The van der Waals surface area contributed by atoms with Crippen molar-refractivity contribution in [3.05, 3.63) is 77.1 Å². The molecule has 1 aliphatic rings. The number of nitrogens with one attached hydrogen (secondary N) is 2. The summed E-state index contributed by atoms with van der Waals surface area (Å²) in [5.41, 5.74) is 2.97. The van der Waals surface area contributed by atoms with Gasteiger partial charge in [-0.1, -0.05) is 46.5 Å². The van der Waals surface area contributed by atoms with E-state index in [0.29, 0.717) is 29.0 Å². The molecule has 7 heteroatoms. The molecule has 2 heterocycles. The van der Waals surface area contributed by atoms with Gasteiger partial charge >= 0.3 is 0 Å². The molecule has 0 bridgehead atoms. The first-order valence-corrected chi connectivity index (χ1v) is 10.9. The Hall–Kier alpha value is -2.83. The van der Waals surface area contributed by atoms with Gasteiger partial charge in [0, 0.05) is 11.1 Å². The molecule has 148 valence electrons. The lowest BCUT2D eigenvalue weighted by Crippen LogP contribution is -2.31. The Morgan fingerprint density at radius 1 is 1.10 bits per heavy atom. The third-order valence-corrected chi connectivity index (χ3v) is 6.48. The van der Waals surface area contributed by atoms with Gasteiger partial charge in [0.05, 0.1) is 22.9 Å². The average molecular weight is 425 g/mol. The van der Waals surface area contributed by atoms with Gasteiger partial charge in [0.1, 0.15) is 5.75 Å². The van der Waals surface area contributed by atoms with Crippen LogP contribution in [0.4, 0.5) is 5.69 Å². The topological polar surface area (TPSA) is 58.5 Å². The first-order chi connectivity index (χ1) is 14.2. The van der Waals surface area contributed by atoms with Crippen LogP contribution in [-0.4, -0.2) is 16.3 Å². The fraction of sp³-hybridized carbons (Fsp3) is 0.136. The summed E-state index contributed by atoms with van der Waals surface area (Å²) in [5, 5.41) is 6.08. The first-order valence-electron chi connectivity index (χ1n) is 9.22. The second-order valence-corrected chi connectivity index (χ2v) is 8.59. The van der Waals surface area contributed by atoms with Crippen molar-refractivity contribution in [3.8, 4) is 11.5 Å². The molecule has 1 unspecified atom stereocenters. The minimum Gasteiger partial charge on any atom is -0.454 e. The van der Waals surface area contributed by atoms with E-state index in [2.05, 4.69) is 26.5 Å². The number of nitrogens with zero attached hydrogens (tertiary/aromatic N) is 2. The molecular formula is C22H21ClN4OS. The maximum atomic E-state index is 6.28. The van der Waals surface area contributed by atoms with Gasteiger partial charge in [-0.15, -0.1) is 0 Å². The molecule has 1 aromatic heterocycles. The number of aromatic nitrogens is 1. The number of ether oxygens (including phenoxy) is 1. The summed E-state index contributed by atoms with van der Waals surface area (Å²) in [6, 6.07) is 17.4. The molecule has 0 saturated heterocycles. The predicted molar refractivity (Wildman–Crippen MR) is 122 cm³/mol. The van der Waals surface area contributed by atoms with Crippen LogP contribution in [0.5, 0.6) is 11.5 Å². The minimum absolute atomic E-state index is 0.295. The molecule has 0 aliphatic carbocycles. The quantitative estimate of drug-likeness (QED) is 0.522. The maximum Gasteiger partial charge on any atom is 0.206 e.